The number of carbonyl (C=O) groups is 2. The SMILES string of the molecule is CC(C)(C)[C@]1(C(=O)O)C=C(Br)C2=C[C@@](C)(C(=O)O)SC2=C1. The van der Waals surface area contributed by atoms with Gasteiger partial charge in [0.05, 0.1) is 0 Å². The topological polar surface area (TPSA) is 74.6 Å². The number of allylic oxidation sites excluding steroid dienone is 2. The van der Waals surface area contributed by atoms with Crippen LogP contribution in [0.15, 0.2) is 33.2 Å². The van der Waals surface area contributed by atoms with Crippen molar-refractivity contribution < 1.29 is 19.8 Å². The molecule has 4 nitrogen and oxygen atoms in total. The molecular formula is C15H17BrO4S. The highest BCUT2D eigenvalue weighted by Crippen LogP contribution is 2.56. The third kappa shape index (κ3) is 2.38. The standard InChI is InChI=1S/C15H17BrO4S/c1-13(2,3)15(12(19)20)6-9(16)8-5-14(4,11(17)18)21-10(8)7-15/h5-7H,1-4H3,(H,17,18)(H,19,20)/t14-,15+/m0/s1. The molecule has 2 rings (SSSR count). The predicted molar refractivity (Wildman–Crippen MR) is 86.3 cm³/mol. The Morgan fingerprint density at radius 3 is 2.14 bits per heavy atom. The molecule has 0 aromatic heterocycles. The molecule has 1 heterocycles. The van der Waals surface area contributed by atoms with Crippen molar-refractivity contribution in [2.75, 3.05) is 0 Å². The van der Waals surface area contributed by atoms with Crippen LogP contribution in [0.25, 0.3) is 0 Å². The minimum atomic E-state index is -1.17. The zero-order valence-corrected chi connectivity index (χ0v) is 14.6. The Hall–Kier alpha value is -1.01. The second-order valence-corrected chi connectivity index (χ2v) is 8.84. The quantitative estimate of drug-likeness (QED) is 0.770. The number of halogens is 1. The molecule has 0 aromatic rings. The molecule has 0 fully saturated rings. The summed E-state index contributed by atoms with van der Waals surface area (Å²) in [7, 11) is 0. The zero-order chi connectivity index (χ0) is 16.2. The average molecular weight is 373 g/mol. The second-order valence-electron chi connectivity index (χ2n) is 6.50. The van der Waals surface area contributed by atoms with Gasteiger partial charge in [-0.3, -0.25) is 9.59 Å². The molecule has 0 aromatic carbocycles. The fourth-order valence-electron chi connectivity index (χ4n) is 2.46. The first-order valence-electron chi connectivity index (χ1n) is 6.43. The van der Waals surface area contributed by atoms with E-state index in [-0.39, 0.29) is 0 Å². The average Bonchev–Trinajstić information content (AvgIpc) is 2.65. The largest absolute Gasteiger partial charge is 0.480 e. The van der Waals surface area contributed by atoms with Gasteiger partial charge in [-0.1, -0.05) is 36.7 Å². The van der Waals surface area contributed by atoms with Crippen molar-refractivity contribution in [3.8, 4) is 0 Å². The second kappa shape index (κ2) is 4.74. The van der Waals surface area contributed by atoms with Crippen molar-refractivity contribution in [1.82, 2.24) is 0 Å². The van der Waals surface area contributed by atoms with Crippen LogP contribution in [0.2, 0.25) is 0 Å². The molecular weight excluding hydrogens is 356 g/mol. The van der Waals surface area contributed by atoms with Crippen LogP contribution < -0.4 is 0 Å². The first-order chi connectivity index (χ1) is 9.43. The van der Waals surface area contributed by atoms with Gasteiger partial charge in [-0.15, -0.1) is 11.8 Å². The highest BCUT2D eigenvalue weighted by Gasteiger charge is 2.51. The van der Waals surface area contributed by atoms with Gasteiger partial charge in [-0.2, -0.15) is 0 Å². The summed E-state index contributed by atoms with van der Waals surface area (Å²) < 4.78 is -0.435. The number of carboxylic acids is 2. The molecule has 0 spiro atoms. The molecule has 0 saturated carbocycles. The normalized spacial score (nSPS) is 32.0. The van der Waals surface area contributed by atoms with Crippen molar-refractivity contribution in [1.29, 1.82) is 0 Å². The minimum Gasteiger partial charge on any atom is -0.480 e. The molecule has 21 heavy (non-hydrogen) atoms. The molecule has 2 atom stereocenters. The van der Waals surface area contributed by atoms with Crippen LogP contribution >= 0.6 is 27.7 Å². The summed E-state index contributed by atoms with van der Waals surface area (Å²) in [5.74, 6) is -1.88. The number of rotatable bonds is 2. The molecule has 1 aliphatic heterocycles. The van der Waals surface area contributed by atoms with Crippen molar-refractivity contribution in [2.45, 2.75) is 32.4 Å². The van der Waals surface area contributed by atoms with Gasteiger partial charge in [-0.05, 0) is 36.1 Å². The van der Waals surface area contributed by atoms with Crippen LogP contribution in [-0.2, 0) is 9.59 Å². The van der Waals surface area contributed by atoms with E-state index in [1.165, 1.54) is 11.8 Å². The molecule has 2 aliphatic rings. The van der Waals surface area contributed by atoms with Crippen molar-refractivity contribution in [3.63, 3.8) is 0 Å². The van der Waals surface area contributed by atoms with Gasteiger partial charge in [0.1, 0.15) is 10.2 Å². The van der Waals surface area contributed by atoms with E-state index in [9.17, 15) is 19.8 Å². The van der Waals surface area contributed by atoms with Gasteiger partial charge in [0.2, 0.25) is 0 Å². The predicted octanol–water partition coefficient (Wildman–Crippen LogP) is 3.80. The lowest BCUT2D eigenvalue weighted by molar-refractivity contribution is -0.148. The molecule has 0 saturated heterocycles. The van der Waals surface area contributed by atoms with Gasteiger partial charge in [0.15, 0.2) is 0 Å². The minimum absolute atomic E-state index is 0.543. The van der Waals surface area contributed by atoms with Crippen LogP contribution in [0.3, 0.4) is 0 Å². The molecule has 2 N–H and O–H groups in total. The Morgan fingerprint density at radius 2 is 1.71 bits per heavy atom. The van der Waals surface area contributed by atoms with Gasteiger partial charge in [-0.25, -0.2) is 0 Å². The third-order valence-corrected chi connectivity index (χ3v) is 5.93. The summed E-state index contributed by atoms with van der Waals surface area (Å²) in [5.41, 5.74) is -0.958. The van der Waals surface area contributed by atoms with Gasteiger partial charge in [0.25, 0.3) is 0 Å². The van der Waals surface area contributed by atoms with E-state index in [2.05, 4.69) is 15.9 Å². The molecule has 0 bridgehead atoms. The molecule has 0 amide bonds. The molecule has 0 unspecified atom stereocenters. The number of carboxylic acid groups (broad SMARTS) is 2. The third-order valence-electron chi connectivity index (χ3n) is 4.00. The number of fused-ring (bicyclic) bond motifs is 1. The van der Waals surface area contributed by atoms with E-state index in [1.54, 1.807) is 25.2 Å². The monoisotopic (exact) mass is 372 g/mol. The van der Waals surface area contributed by atoms with Gasteiger partial charge in [0, 0.05) is 9.39 Å². The first-order valence-corrected chi connectivity index (χ1v) is 8.04. The van der Waals surface area contributed by atoms with E-state index in [4.69, 9.17) is 0 Å². The number of thioether (sulfide) groups is 1. The lowest BCUT2D eigenvalue weighted by atomic mass is 9.64. The maximum atomic E-state index is 11.9. The van der Waals surface area contributed by atoms with E-state index in [0.29, 0.717) is 9.39 Å². The van der Waals surface area contributed by atoms with E-state index >= 15 is 0 Å². The number of hydrogen-bond donors (Lipinski definition) is 2. The summed E-state index contributed by atoms with van der Waals surface area (Å²) in [6.07, 6.45) is 5.02. The van der Waals surface area contributed by atoms with Crippen LogP contribution in [0.1, 0.15) is 27.7 Å². The Labute approximate surface area is 136 Å². The fraction of sp³-hybridized carbons (Fsp3) is 0.467. The van der Waals surface area contributed by atoms with Crippen LogP contribution in [0, 0.1) is 10.8 Å². The smallest absolute Gasteiger partial charge is 0.323 e. The molecule has 6 heteroatoms. The summed E-state index contributed by atoms with van der Waals surface area (Å²) in [5, 5.41) is 19.1. The lowest BCUT2D eigenvalue weighted by Crippen LogP contribution is -2.41. The summed E-state index contributed by atoms with van der Waals surface area (Å²) in [4.78, 5) is 24.0. The highest BCUT2D eigenvalue weighted by atomic mass is 79.9. The van der Waals surface area contributed by atoms with Gasteiger partial charge < -0.3 is 10.2 Å². The Balaban J connectivity index is 2.63. The highest BCUT2D eigenvalue weighted by molar-refractivity contribution is 9.12. The van der Waals surface area contributed by atoms with Crippen LogP contribution in [0.5, 0.6) is 0 Å². The van der Waals surface area contributed by atoms with Crippen molar-refractivity contribution in [2.24, 2.45) is 10.8 Å². The summed E-state index contributed by atoms with van der Waals surface area (Å²) in [6, 6.07) is 0. The molecule has 0 radical (unpaired) electrons. The van der Waals surface area contributed by atoms with E-state index in [1.807, 2.05) is 20.8 Å². The number of hydrogen-bond acceptors (Lipinski definition) is 3. The lowest BCUT2D eigenvalue weighted by Gasteiger charge is -2.39. The molecule has 114 valence electrons. The maximum absolute atomic E-state index is 11.9. The maximum Gasteiger partial charge on any atom is 0.323 e. The van der Waals surface area contributed by atoms with E-state index in [0.717, 1.165) is 5.57 Å². The Kier molecular flexibility index (Phi) is 3.70. The van der Waals surface area contributed by atoms with Crippen LogP contribution in [0.4, 0.5) is 0 Å². The fourth-order valence-corrected chi connectivity index (χ4v) is 4.53. The summed E-state index contributed by atoms with van der Waals surface area (Å²) >= 11 is 4.59. The molecule has 1 aliphatic carbocycles. The zero-order valence-electron chi connectivity index (χ0n) is 12.2. The Bertz CT molecular complexity index is 626. The van der Waals surface area contributed by atoms with E-state index < -0.39 is 27.5 Å². The van der Waals surface area contributed by atoms with Crippen molar-refractivity contribution >= 4 is 39.6 Å². The van der Waals surface area contributed by atoms with Crippen LogP contribution in [-0.4, -0.2) is 26.9 Å². The first kappa shape index (κ1) is 16.4. The van der Waals surface area contributed by atoms with Crippen molar-refractivity contribution in [3.05, 3.63) is 33.2 Å². The van der Waals surface area contributed by atoms with Gasteiger partial charge >= 0.3 is 11.9 Å². The summed E-state index contributed by atoms with van der Waals surface area (Å²) in [6.45, 7) is 7.20. The Morgan fingerprint density at radius 1 is 1.14 bits per heavy atom. The number of aliphatic carboxylic acids is 2.